The molecule has 122 valence electrons. The number of morpholine rings is 1. The van der Waals surface area contributed by atoms with Crippen molar-refractivity contribution in [3.05, 3.63) is 34.9 Å². The fourth-order valence-corrected chi connectivity index (χ4v) is 3.83. The van der Waals surface area contributed by atoms with Gasteiger partial charge in [-0.3, -0.25) is 4.79 Å². The first-order valence-corrected chi connectivity index (χ1v) is 9.01. The summed E-state index contributed by atoms with van der Waals surface area (Å²) < 4.78 is 31.2. The Morgan fingerprint density at radius 2 is 2.18 bits per heavy atom. The summed E-state index contributed by atoms with van der Waals surface area (Å²) in [6.45, 7) is 2.97. The summed E-state index contributed by atoms with van der Waals surface area (Å²) in [4.78, 5) is 12.0. The summed E-state index contributed by atoms with van der Waals surface area (Å²) in [6, 6.07) is 6.63. The summed E-state index contributed by atoms with van der Waals surface area (Å²) in [5, 5.41) is 2.92. The molecule has 1 amide bonds. The van der Waals surface area contributed by atoms with Crippen LogP contribution in [-0.4, -0.2) is 56.7 Å². The van der Waals surface area contributed by atoms with Crippen molar-refractivity contribution < 1.29 is 17.9 Å². The van der Waals surface area contributed by atoms with Gasteiger partial charge in [-0.05, 0) is 19.1 Å². The van der Waals surface area contributed by atoms with Gasteiger partial charge in [0.2, 0.25) is 10.0 Å². The van der Waals surface area contributed by atoms with Crippen molar-refractivity contribution >= 4 is 27.5 Å². The van der Waals surface area contributed by atoms with Gasteiger partial charge in [0, 0.05) is 19.6 Å². The van der Waals surface area contributed by atoms with Crippen LogP contribution in [0.15, 0.2) is 24.3 Å². The molecule has 1 aliphatic rings. The van der Waals surface area contributed by atoms with Gasteiger partial charge >= 0.3 is 0 Å². The van der Waals surface area contributed by atoms with E-state index in [1.807, 2.05) is 6.92 Å². The van der Waals surface area contributed by atoms with Crippen LogP contribution in [0.25, 0.3) is 0 Å². The van der Waals surface area contributed by atoms with Gasteiger partial charge in [0.15, 0.2) is 0 Å². The molecule has 1 aromatic carbocycles. The molecule has 0 radical (unpaired) electrons. The van der Waals surface area contributed by atoms with Crippen LogP contribution in [0.1, 0.15) is 17.3 Å². The molecule has 1 heterocycles. The van der Waals surface area contributed by atoms with Gasteiger partial charge in [-0.25, -0.2) is 8.42 Å². The minimum atomic E-state index is -3.40. The van der Waals surface area contributed by atoms with Gasteiger partial charge in [-0.15, -0.1) is 0 Å². The standard InChI is InChI=1S/C14H19ClN2O4S/c1-11-10-17(7-8-21-11)22(19,20)9-6-16-14(18)12-4-2-3-5-13(12)15/h2-5,11H,6-10H2,1H3,(H,16,18). The summed E-state index contributed by atoms with van der Waals surface area (Å²) >= 11 is 5.92. The Kier molecular flexibility index (Phi) is 5.80. The number of sulfonamides is 1. The van der Waals surface area contributed by atoms with Gasteiger partial charge < -0.3 is 10.1 Å². The largest absolute Gasteiger partial charge is 0.376 e. The lowest BCUT2D eigenvalue weighted by Crippen LogP contribution is -2.46. The smallest absolute Gasteiger partial charge is 0.252 e. The summed E-state index contributed by atoms with van der Waals surface area (Å²) in [5.41, 5.74) is 0.335. The Bertz CT molecular complexity index is 635. The van der Waals surface area contributed by atoms with Crippen molar-refractivity contribution in [1.82, 2.24) is 9.62 Å². The second-order valence-electron chi connectivity index (χ2n) is 5.09. The Hall–Kier alpha value is -1.15. The molecule has 1 aliphatic heterocycles. The number of hydrogen-bond acceptors (Lipinski definition) is 4. The number of nitrogens with zero attached hydrogens (tertiary/aromatic N) is 1. The third-order valence-electron chi connectivity index (χ3n) is 3.36. The van der Waals surface area contributed by atoms with Gasteiger partial charge in [0.05, 0.1) is 29.0 Å². The second kappa shape index (κ2) is 7.41. The topological polar surface area (TPSA) is 75.7 Å². The SMILES string of the molecule is CC1CN(S(=O)(=O)CCNC(=O)c2ccccc2Cl)CCO1. The Balaban J connectivity index is 1.87. The number of carbonyl (C=O) groups excluding carboxylic acids is 1. The minimum Gasteiger partial charge on any atom is -0.376 e. The first-order chi connectivity index (χ1) is 10.4. The quantitative estimate of drug-likeness (QED) is 0.867. The minimum absolute atomic E-state index is 0.0398. The third kappa shape index (κ3) is 4.42. The highest BCUT2D eigenvalue weighted by Gasteiger charge is 2.27. The molecule has 0 aliphatic carbocycles. The van der Waals surface area contributed by atoms with Crippen molar-refractivity contribution in [3.8, 4) is 0 Å². The molecule has 1 atom stereocenters. The van der Waals surface area contributed by atoms with Crippen molar-refractivity contribution in [3.63, 3.8) is 0 Å². The number of hydrogen-bond donors (Lipinski definition) is 1. The number of rotatable bonds is 5. The Morgan fingerprint density at radius 3 is 2.86 bits per heavy atom. The number of halogens is 1. The summed E-state index contributed by atoms with van der Waals surface area (Å²) in [6.07, 6.45) is -0.110. The normalized spacial score (nSPS) is 19.8. The highest BCUT2D eigenvalue weighted by Crippen LogP contribution is 2.14. The average Bonchev–Trinajstić information content (AvgIpc) is 2.47. The predicted molar refractivity (Wildman–Crippen MR) is 84.6 cm³/mol. The number of amides is 1. The van der Waals surface area contributed by atoms with Crippen molar-refractivity contribution in [2.75, 3.05) is 32.0 Å². The van der Waals surface area contributed by atoms with Crippen molar-refractivity contribution in [2.24, 2.45) is 0 Å². The van der Waals surface area contributed by atoms with E-state index in [0.29, 0.717) is 30.3 Å². The van der Waals surface area contributed by atoms with E-state index in [1.54, 1.807) is 24.3 Å². The van der Waals surface area contributed by atoms with Crippen LogP contribution in [0.3, 0.4) is 0 Å². The lowest BCUT2D eigenvalue weighted by Gasteiger charge is -2.30. The Morgan fingerprint density at radius 1 is 1.45 bits per heavy atom. The van der Waals surface area contributed by atoms with Crippen LogP contribution in [0.2, 0.25) is 5.02 Å². The fraction of sp³-hybridized carbons (Fsp3) is 0.500. The van der Waals surface area contributed by atoms with E-state index >= 15 is 0 Å². The molecule has 6 nitrogen and oxygen atoms in total. The lowest BCUT2D eigenvalue weighted by atomic mass is 10.2. The van der Waals surface area contributed by atoms with Crippen LogP contribution >= 0.6 is 11.6 Å². The number of carbonyl (C=O) groups is 1. The monoisotopic (exact) mass is 346 g/mol. The molecule has 1 saturated heterocycles. The van der Waals surface area contributed by atoms with E-state index in [0.717, 1.165) is 0 Å². The van der Waals surface area contributed by atoms with E-state index in [1.165, 1.54) is 4.31 Å². The highest BCUT2D eigenvalue weighted by molar-refractivity contribution is 7.89. The van der Waals surface area contributed by atoms with E-state index in [9.17, 15) is 13.2 Å². The molecular weight excluding hydrogens is 328 g/mol. The van der Waals surface area contributed by atoms with Gasteiger partial charge in [-0.1, -0.05) is 23.7 Å². The van der Waals surface area contributed by atoms with Crippen molar-refractivity contribution in [1.29, 1.82) is 0 Å². The summed E-state index contributed by atoms with van der Waals surface area (Å²) in [5.74, 6) is -0.522. The molecule has 0 spiro atoms. The van der Waals surface area contributed by atoms with Crippen LogP contribution < -0.4 is 5.32 Å². The zero-order chi connectivity index (χ0) is 16.2. The fourth-order valence-electron chi connectivity index (χ4n) is 2.20. The average molecular weight is 347 g/mol. The lowest BCUT2D eigenvalue weighted by molar-refractivity contribution is 0.0102. The molecule has 2 rings (SSSR count). The molecule has 8 heteroatoms. The molecule has 0 aromatic heterocycles. The van der Waals surface area contributed by atoms with E-state index in [4.69, 9.17) is 16.3 Å². The maximum absolute atomic E-state index is 12.2. The first-order valence-electron chi connectivity index (χ1n) is 7.02. The van der Waals surface area contributed by atoms with E-state index in [2.05, 4.69) is 5.32 Å². The number of nitrogens with one attached hydrogen (secondary N) is 1. The number of ether oxygens (including phenoxy) is 1. The van der Waals surface area contributed by atoms with Crippen LogP contribution in [-0.2, 0) is 14.8 Å². The molecule has 1 aromatic rings. The molecule has 0 bridgehead atoms. The third-order valence-corrected chi connectivity index (χ3v) is 5.53. The second-order valence-corrected chi connectivity index (χ2v) is 7.59. The van der Waals surface area contributed by atoms with Crippen LogP contribution in [0.4, 0.5) is 0 Å². The van der Waals surface area contributed by atoms with Gasteiger partial charge in [0.25, 0.3) is 5.91 Å². The molecular formula is C14H19ClN2O4S. The van der Waals surface area contributed by atoms with Gasteiger partial charge in [0.1, 0.15) is 0 Å². The predicted octanol–water partition coefficient (Wildman–Crippen LogP) is 1.12. The highest BCUT2D eigenvalue weighted by atomic mass is 35.5. The van der Waals surface area contributed by atoms with E-state index in [-0.39, 0.29) is 24.3 Å². The van der Waals surface area contributed by atoms with Crippen molar-refractivity contribution in [2.45, 2.75) is 13.0 Å². The zero-order valence-electron chi connectivity index (χ0n) is 12.3. The maximum Gasteiger partial charge on any atom is 0.252 e. The number of benzene rings is 1. The zero-order valence-corrected chi connectivity index (χ0v) is 13.9. The maximum atomic E-state index is 12.2. The molecule has 1 fully saturated rings. The molecule has 0 saturated carbocycles. The van der Waals surface area contributed by atoms with E-state index < -0.39 is 10.0 Å². The van der Waals surface area contributed by atoms with Crippen LogP contribution in [0, 0.1) is 0 Å². The summed E-state index contributed by atoms with van der Waals surface area (Å²) in [7, 11) is -3.40. The molecule has 22 heavy (non-hydrogen) atoms. The Labute approximate surface area is 135 Å². The van der Waals surface area contributed by atoms with Gasteiger partial charge in [-0.2, -0.15) is 4.31 Å². The first kappa shape index (κ1) is 17.2. The molecule has 1 N–H and O–H groups in total. The molecule has 1 unspecified atom stereocenters. The van der Waals surface area contributed by atoms with Crippen LogP contribution in [0.5, 0.6) is 0 Å².